The number of rotatable bonds is 5. The van der Waals surface area contributed by atoms with Crippen molar-refractivity contribution in [3.8, 4) is 22.3 Å². The van der Waals surface area contributed by atoms with Crippen molar-refractivity contribution in [1.29, 1.82) is 0 Å². The first-order valence-corrected chi connectivity index (χ1v) is 15.9. The number of nitrogens with zero attached hydrogens (tertiary/aromatic N) is 2. The fourth-order valence-corrected chi connectivity index (χ4v) is 6.57. The molecule has 2 heterocycles. The Morgan fingerprint density at radius 1 is 0.511 bits per heavy atom. The molecule has 4 nitrogen and oxygen atoms in total. The van der Waals surface area contributed by atoms with Gasteiger partial charge in [0.25, 0.3) is 0 Å². The highest BCUT2D eigenvalue weighted by Crippen LogP contribution is 2.43. The predicted octanol–water partition coefficient (Wildman–Crippen LogP) is 10.6. The van der Waals surface area contributed by atoms with Crippen LogP contribution in [0.15, 0.2) is 178 Å². The molecule has 0 saturated heterocycles. The van der Waals surface area contributed by atoms with Crippen LogP contribution in [0.4, 0.5) is 0 Å². The van der Waals surface area contributed by atoms with Crippen molar-refractivity contribution < 1.29 is 4.42 Å². The van der Waals surface area contributed by atoms with Crippen LogP contribution in [0.5, 0.6) is 0 Å². The SMILES string of the molecule is c1ccc(C2=NC(c3ccc(-c4ccc(-c5ccccc5)c5oc6cc7ccccc7cc6c45)cc3)NC(c3ccccc3)=N2)cc1. The minimum atomic E-state index is -0.284. The Kier molecular flexibility index (Phi) is 6.50. The molecule has 1 N–H and O–H groups in total. The molecule has 1 aliphatic rings. The van der Waals surface area contributed by atoms with E-state index in [0.29, 0.717) is 5.84 Å². The Bertz CT molecular complexity index is 2460. The zero-order valence-electron chi connectivity index (χ0n) is 25.5. The molecular formula is C43H29N3O. The van der Waals surface area contributed by atoms with Crippen LogP contribution < -0.4 is 5.32 Å². The van der Waals surface area contributed by atoms with Crippen LogP contribution in [-0.2, 0) is 0 Å². The maximum atomic E-state index is 6.69. The summed E-state index contributed by atoms with van der Waals surface area (Å²) in [6, 6.07) is 56.9. The fraction of sp³-hybridized carbons (Fsp3) is 0.0233. The molecule has 0 fully saturated rings. The zero-order valence-corrected chi connectivity index (χ0v) is 25.5. The molecular weight excluding hydrogens is 574 g/mol. The Hall–Kier alpha value is -6.26. The Morgan fingerprint density at radius 2 is 1.09 bits per heavy atom. The van der Waals surface area contributed by atoms with E-state index in [-0.39, 0.29) is 6.17 Å². The summed E-state index contributed by atoms with van der Waals surface area (Å²) < 4.78 is 6.69. The third-order valence-electron chi connectivity index (χ3n) is 8.93. The fourth-order valence-electron chi connectivity index (χ4n) is 6.57. The first-order chi connectivity index (χ1) is 23.3. The minimum absolute atomic E-state index is 0.284. The van der Waals surface area contributed by atoms with Gasteiger partial charge in [0.05, 0.1) is 0 Å². The second-order valence-electron chi connectivity index (χ2n) is 11.8. The number of hydrogen-bond acceptors (Lipinski definition) is 4. The third kappa shape index (κ3) is 4.88. The van der Waals surface area contributed by atoms with Crippen molar-refractivity contribution >= 4 is 44.4 Å². The molecule has 9 rings (SSSR count). The molecule has 0 spiro atoms. The van der Waals surface area contributed by atoms with Gasteiger partial charge in [0.1, 0.15) is 23.2 Å². The summed E-state index contributed by atoms with van der Waals surface area (Å²) in [7, 11) is 0. The van der Waals surface area contributed by atoms with Gasteiger partial charge in [-0.25, -0.2) is 9.98 Å². The van der Waals surface area contributed by atoms with E-state index in [2.05, 4.69) is 127 Å². The van der Waals surface area contributed by atoms with Gasteiger partial charge in [-0.2, -0.15) is 0 Å². The molecule has 1 aliphatic heterocycles. The van der Waals surface area contributed by atoms with Crippen molar-refractivity contribution in [3.63, 3.8) is 0 Å². The van der Waals surface area contributed by atoms with E-state index in [1.807, 2.05) is 42.5 Å². The molecule has 8 aromatic rings. The monoisotopic (exact) mass is 603 g/mol. The topological polar surface area (TPSA) is 49.9 Å². The quantitative estimate of drug-likeness (QED) is 0.213. The minimum Gasteiger partial charge on any atom is -0.455 e. The summed E-state index contributed by atoms with van der Waals surface area (Å²) >= 11 is 0. The summed E-state index contributed by atoms with van der Waals surface area (Å²) in [5.74, 6) is 1.52. The van der Waals surface area contributed by atoms with Gasteiger partial charge in [0.2, 0.25) is 0 Å². The second-order valence-corrected chi connectivity index (χ2v) is 11.8. The molecule has 0 amide bonds. The van der Waals surface area contributed by atoms with Gasteiger partial charge < -0.3 is 9.73 Å². The lowest BCUT2D eigenvalue weighted by Crippen LogP contribution is -2.33. The number of amidine groups is 2. The maximum absolute atomic E-state index is 6.69. The highest BCUT2D eigenvalue weighted by molar-refractivity contribution is 6.18. The van der Waals surface area contributed by atoms with Gasteiger partial charge in [-0.05, 0) is 51.2 Å². The summed E-state index contributed by atoms with van der Waals surface area (Å²) in [5.41, 5.74) is 9.34. The molecule has 0 aliphatic carbocycles. The van der Waals surface area contributed by atoms with Crippen molar-refractivity contribution in [3.05, 3.63) is 180 Å². The van der Waals surface area contributed by atoms with Crippen molar-refractivity contribution in [2.45, 2.75) is 6.17 Å². The second kappa shape index (κ2) is 11.3. The number of nitrogens with one attached hydrogen (secondary N) is 1. The molecule has 0 bridgehead atoms. The summed E-state index contributed by atoms with van der Waals surface area (Å²) in [6.07, 6.45) is -0.284. The molecule has 1 aromatic heterocycles. The lowest BCUT2D eigenvalue weighted by atomic mass is 9.93. The molecule has 7 aromatic carbocycles. The number of hydrogen-bond donors (Lipinski definition) is 1. The van der Waals surface area contributed by atoms with E-state index in [9.17, 15) is 0 Å². The summed E-state index contributed by atoms with van der Waals surface area (Å²) in [5, 5.41) is 8.19. The van der Waals surface area contributed by atoms with Crippen LogP contribution in [0.3, 0.4) is 0 Å². The van der Waals surface area contributed by atoms with Gasteiger partial charge in [-0.15, -0.1) is 0 Å². The number of aliphatic imine (C=N–C) groups is 2. The van der Waals surface area contributed by atoms with Crippen LogP contribution in [0.1, 0.15) is 22.9 Å². The average molecular weight is 604 g/mol. The Labute approximate surface area is 272 Å². The van der Waals surface area contributed by atoms with Crippen LogP contribution in [0, 0.1) is 0 Å². The van der Waals surface area contributed by atoms with Gasteiger partial charge in [0, 0.05) is 27.5 Å². The van der Waals surface area contributed by atoms with Gasteiger partial charge in [-0.3, -0.25) is 0 Å². The van der Waals surface area contributed by atoms with E-state index < -0.39 is 0 Å². The molecule has 47 heavy (non-hydrogen) atoms. The maximum Gasteiger partial charge on any atom is 0.159 e. The van der Waals surface area contributed by atoms with Gasteiger partial charge >= 0.3 is 0 Å². The third-order valence-corrected chi connectivity index (χ3v) is 8.93. The molecule has 0 radical (unpaired) electrons. The first kappa shape index (κ1) is 27.1. The Balaban J connectivity index is 1.16. The van der Waals surface area contributed by atoms with E-state index >= 15 is 0 Å². The first-order valence-electron chi connectivity index (χ1n) is 15.9. The molecule has 0 saturated carbocycles. The molecule has 4 heteroatoms. The van der Waals surface area contributed by atoms with Crippen molar-refractivity contribution in [2.24, 2.45) is 9.98 Å². The summed E-state index contributed by atoms with van der Waals surface area (Å²) in [4.78, 5) is 9.98. The number of furan rings is 1. The largest absolute Gasteiger partial charge is 0.455 e. The summed E-state index contributed by atoms with van der Waals surface area (Å²) in [6.45, 7) is 0. The van der Waals surface area contributed by atoms with Gasteiger partial charge in [-0.1, -0.05) is 146 Å². The highest BCUT2D eigenvalue weighted by Gasteiger charge is 2.22. The van der Waals surface area contributed by atoms with Crippen LogP contribution in [0.25, 0.3) is 55.0 Å². The number of fused-ring (bicyclic) bond motifs is 4. The lowest BCUT2D eigenvalue weighted by molar-refractivity contribution is 0.670. The van der Waals surface area contributed by atoms with E-state index in [0.717, 1.165) is 66.7 Å². The molecule has 1 unspecified atom stereocenters. The average Bonchev–Trinajstić information content (AvgIpc) is 3.53. The van der Waals surface area contributed by atoms with Crippen LogP contribution in [-0.4, -0.2) is 11.7 Å². The molecule has 222 valence electrons. The van der Waals surface area contributed by atoms with Gasteiger partial charge in [0.15, 0.2) is 5.84 Å². The normalized spacial score (nSPS) is 14.6. The van der Waals surface area contributed by atoms with Crippen molar-refractivity contribution in [2.75, 3.05) is 0 Å². The lowest BCUT2D eigenvalue weighted by Gasteiger charge is -2.24. The standard InChI is InChI=1S/C43H29N3O/c1-4-12-28(13-5-1)36-25-24-35(39-37-26-33-18-10-11-19-34(33)27-38(37)47-40(36)39)29-20-22-32(23-21-29)43-45-41(30-14-6-2-7-15-30)44-42(46-43)31-16-8-3-9-17-31/h1-27,43H,(H,44,45,46). The number of benzene rings is 7. The Morgan fingerprint density at radius 3 is 1.79 bits per heavy atom. The van der Waals surface area contributed by atoms with E-state index in [1.54, 1.807) is 0 Å². The highest BCUT2D eigenvalue weighted by atomic mass is 16.3. The zero-order chi connectivity index (χ0) is 31.2. The van der Waals surface area contributed by atoms with E-state index in [4.69, 9.17) is 14.4 Å². The predicted molar refractivity (Wildman–Crippen MR) is 194 cm³/mol. The van der Waals surface area contributed by atoms with Crippen LogP contribution >= 0.6 is 0 Å². The molecule has 1 atom stereocenters. The van der Waals surface area contributed by atoms with Crippen molar-refractivity contribution in [1.82, 2.24) is 5.32 Å². The van der Waals surface area contributed by atoms with E-state index in [1.165, 1.54) is 10.8 Å². The smallest absolute Gasteiger partial charge is 0.159 e. The van der Waals surface area contributed by atoms with Crippen LogP contribution in [0.2, 0.25) is 0 Å².